The molecule has 0 bridgehead atoms. The normalized spacial score (nSPS) is 11.1. The summed E-state index contributed by atoms with van der Waals surface area (Å²) < 4.78 is 39.7. The summed E-state index contributed by atoms with van der Waals surface area (Å²) in [6.45, 7) is 0. The predicted molar refractivity (Wildman–Crippen MR) is 72.0 cm³/mol. The van der Waals surface area contributed by atoms with E-state index in [1.54, 1.807) is 0 Å². The number of phenolic OH excluding ortho intramolecular Hbond substituents is 1. The number of para-hydroxylation sites is 3. The van der Waals surface area contributed by atoms with Crippen molar-refractivity contribution in [1.29, 1.82) is 0 Å². The molecule has 9 heteroatoms. The molecule has 0 atom stereocenters. The van der Waals surface area contributed by atoms with Gasteiger partial charge in [-0.15, -0.1) is 0 Å². The topological polar surface area (TPSA) is 110 Å². The minimum Gasteiger partial charge on any atom is -0.506 e. The first-order valence-corrected chi connectivity index (χ1v) is 7.05. The van der Waals surface area contributed by atoms with Crippen molar-refractivity contribution in [2.75, 3.05) is 4.72 Å². The summed E-state index contributed by atoms with van der Waals surface area (Å²) >= 11 is 0. The number of nitro benzene ring substituents is 1. The number of sulfonamides is 1. The molecule has 0 radical (unpaired) electrons. The monoisotopic (exact) mass is 312 g/mol. The van der Waals surface area contributed by atoms with Crippen LogP contribution >= 0.6 is 0 Å². The summed E-state index contributed by atoms with van der Waals surface area (Å²) in [5.41, 5.74) is -1.32. The van der Waals surface area contributed by atoms with Crippen LogP contribution in [0.15, 0.2) is 47.4 Å². The summed E-state index contributed by atoms with van der Waals surface area (Å²) in [5, 5.41) is 20.4. The maximum absolute atomic E-state index is 13.5. The lowest BCUT2D eigenvalue weighted by Crippen LogP contribution is -2.15. The molecule has 0 fully saturated rings. The van der Waals surface area contributed by atoms with Crippen LogP contribution < -0.4 is 4.72 Å². The summed E-state index contributed by atoms with van der Waals surface area (Å²) in [6.07, 6.45) is 0. The van der Waals surface area contributed by atoms with E-state index in [-0.39, 0.29) is 11.4 Å². The molecule has 0 aliphatic heterocycles. The van der Waals surface area contributed by atoms with E-state index in [4.69, 9.17) is 0 Å². The van der Waals surface area contributed by atoms with Gasteiger partial charge < -0.3 is 5.11 Å². The van der Waals surface area contributed by atoms with Gasteiger partial charge >= 0.3 is 5.69 Å². The largest absolute Gasteiger partial charge is 0.506 e. The molecule has 0 aromatic heterocycles. The Bertz CT molecular complexity index is 807. The van der Waals surface area contributed by atoms with Crippen molar-refractivity contribution in [3.63, 3.8) is 0 Å². The minimum atomic E-state index is -4.43. The van der Waals surface area contributed by atoms with Crippen molar-refractivity contribution >= 4 is 21.4 Å². The Morgan fingerprint density at radius 2 is 1.81 bits per heavy atom. The van der Waals surface area contributed by atoms with Crippen molar-refractivity contribution < 1.29 is 22.8 Å². The van der Waals surface area contributed by atoms with Crippen LogP contribution in [-0.4, -0.2) is 18.4 Å². The summed E-state index contributed by atoms with van der Waals surface area (Å²) in [7, 11) is -4.43. The lowest BCUT2D eigenvalue weighted by Gasteiger charge is -2.09. The number of phenols is 1. The highest BCUT2D eigenvalue weighted by molar-refractivity contribution is 7.92. The van der Waals surface area contributed by atoms with Crippen LogP contribution in [0.1, 0.15) is 0 Å². The third-order valence-corrected chi connectivity index (χ3v) is 3.97. The van der Waals surface area contributed by atoms with Gasteiger partial charge in [-0.25, -0.2) is 8.42 Å². The zero-order valence-corrected chi connectivity index (χ0v) is 11.2. The van der Waals surface area contributed by atoms with E-state index < -0.39 is 31.3 Å². The SMILES string of the molecule is O=[N+]([O-])c1c(F)cccc1S(=O)(=O)Nc1ccccc1O. The fourth-order valence-corrected chi connectivity index (χ4v) is 2.91. The van der Waals surface area contributed by atoms with Crippen LogP contribution in [0.3, 0.4) is 0 Å². The third-order valence-electron chi connectivity index (χ3n) is 2.57. The highest BCUT2D eigenvalue weighted by Gasteiger charge is 2.29. The molecule has 21 heavy (non-hydrogen) atoms. The number of anilines is 1. The summed E-state index contributed by atoms with van der Waals surface area (Å²) in [6, 6.07) is 8.16. The first-order valence-electron chi connectivity index (χ1n) is 5.56. The lowest BCUT2D eigenvalue weighted by atomic mass is 10.3. The first-order chi connectivity index (χ1) is 9.83. The Hall–Kier alpha value is -2.68. The number of aromatic hydroxyl groups is 1. The van der Waals surface area contributed by atoms with Gasteiger partial charge in [-0.05, 0) is 24.3 Å². The van der Waals surface area contributed by atoms with Gasteiger partial charge in [0.1, 0.15) is 5.75 Å². The van der Waals surface area contributed by atoms with Gasteiger partial charge in [0.2, 0.25) is 5.82 Å². The van der Waals surface area contributed by atoms with Gasteiger partial charge in [-0.3, -0.25) is 14.8 Å². The zero-order chi connectivity index (χ0) is 15.6. The second-order valence-electron chi connectivity index (χ2n) is 3.97. The standard InChI is InChI=1S/C12H9FN2O5S/c13-8-4-3-7-11(12(8)15(17)18)21(19,20)14-9-5-1-2-6-10(9)16/h1-7,14,16H. The quantitative estimate of drug-likeness (QED) is 0.511. The second kappa shape index (κ2) is 5.37. The van der Waals surface area contributed by atoms with E-state index >= 15 is 0 Å². The van der Waals surface area contributed by atoms with Crippen LogP contribution in [0.2, 0.25) is 0 Å². The number of halogens is 1. The maximum Gasteiger partial charge on any atom is 0.325 e. The Balaban J connectivity index is 2.53. The van der Waals surface area contributed by atoms with E-state index in [1.165, 1.54) is 24.3 Å². The first kappa shape index (κ1) is 14.7. The number of hydrogen-bond donors (Lipinski definition) is 2. The van der Waals surface area contributed by atoms with E-state index in [0.717, 1.165) is 18.2 Å². The van der Waals surface area contributed by atoms with E-state index in [9.17, 15) is 28.0 Å². The Morgan fingerprint density at radius 3 is 2.43 bits per heavy atom. The minimum absolute atomic E-state index is 0.170. The van der Waals surface area contributed by atoms with Gasteiger partial charge in [0.15, 0.2) is 4.90 Å². The molecule has 0 spiro atoms. The molecule has 2 N–H and O–H groups in total. The van der Waals surface area contributed by atoms with Crippen molar-refractivity contribution in [2.45, 2.75) is 4.90 Å². The molecule has 2 rings (SSSR count). The summed E-state index contributed by atoms with van der Waals surface area (Å²) in [5.74, 6) is -1.62. The van der Waals surface area contributed by atoms with E-state index in [1.807, 2.05) is 4.72 Å². The van der Waals surface area contributed by atoms with E-state index in [2.05, 4.69) is 0 Å². The average Bonchev–Trinajstić information content (AvgIpc) is 2.40. The smallest absolute Gasteiger partial charge is 0.325 e. The molecule has 0 aliphatic carbocycles. The lowest BCUT2D eigenvalue weighted by molar-refractivity contribution is -0.390. The molecule has 110 valence electrons. The molecule has 2 aromatic rings. The maximum atomic E-state index is 13.5. The van der Waals surface area contributed by atoms with Gasteiger partial charge in [-0.1, -0.05) is 18.2 Å². The molecule has 0 aliphatic rings. The third kappa shape index (κ3) is 2.92. The molecular weight excluding hydrogens is 303 g/mol. The summed E-state index contributed by atoms with van der Waals surface area (Å²) in [4.78, 5) is 8.89. The number of rotatable bonds is 4. The van der Waals surface area contributed by atoms with Gasteiger partial charge in [0.05, 0.1) is 10.6 Å². The second-order valence-corrected chi connectivity index (χ2v) is 5.62. The predicted octanol–water partition coefficient (Wildman–Crippen LogP) is 2.24. The van der Waals surface area contributed by atoms with Crippen molar-refractivity contribution in [3.8, 4) is 5.75 Å². The highest BCUT2D eigenvalue weighted by Crippen LogP contribution is 2.30. The zero-order valence-electron chi connectivity index (χ0n) is 10.4. The Labute approximate surface area is 118 Å². The Morgan fingerprint density at radius 1 is 1.14 bits per heavy atom. The van der Waals surface area contributed by atoms with Gasteiger partial charge in [0.25, 0.3) is 10.0 Å². The van der Waals surface area contributed by atoms with Crippen molar-refractivity contribution in [1.82, 2.24) is 0 Å². The molecule has 0 saturated carbocycles. The molecule has 7 nitrogen and oxygen atoms in total. The number of nitro groups is 1. The van der Waals surface area contributed by atoms with Gasteiger partial charge in [-0.2, -0.15) is 4.39 Å². The van der Waals surface area contributed by atoms with Gasteiger partial charge in [0, 0.05) is 0 Å². The van der Waals surface area contributed by atoms with Crippen LogP contribution in [-0.2, 0) is 10.0 Å². The molecule has 0 unspecified atom stereocenters. The number of hydrogen-bond acceptors (Lipinski definition) is 5. The van der Waals surface area contributed by atoms with Crippen LogP contribution in [0.4, 0.5) is 15.8 Å². The number of nitrogens with one attached hydrogen (secondary N) is 1. The van der Waals surface area contributed by atoms with Crippen LogP contribution in [0.5, 0.6) is 5.75 Å². The Kier molecular flexibility index (Phi) is 3.76. The molecule has 0 heterocycles. The highest BCUT2D eigenvalue weighted by atomic mass is 32.2. The number of benzene rings is 2. The average molecular weight is 312 g/mol. The number of nitrogens with zero attached hydrogens (tertiary/aromatic N) is 1. The van der Waals surface area contributed by atoms with Crippen LogP contribution in [0.25, 0.3) is 0 Å². The fraction of sp³-hybridized carbons (Fsp3) is 0. The fourth-order valence-electron chi connectivity index (χ4n) is 1.65. The molecule has 2 aromatic carbocycles. The van der Waals surface area contributed by atoms with Crippen molar-refractivity contribution in [3.05, 3.63) is 58.4 Å². The molecule has 0 amide bonds. The van der Waals surface area contributed by atoms with Crippen molar-refractivity contribution in [2.24, 2.45) is 0 Å². The van der Waals surface area contributed by atoms with Crippen LogP contribution in [0, 0.1) is 15.9 Å². The van der Waals surface area contributed by atoms with E-state index in [0.29, 0.717) is 0 Å². The molecular formula is C12H9FN2O5S. The molecule has 0 saturated heterocycles.